The van der Waals surface area contributed by atoms with Gasteiger partial charge in [-0.05, 0) is 11.4 Å². The maximum atomic E-state index is 12.2. The van der Waals surface area contributed by atoms with Crippen LogP contribution in [0.5, 0.6) is 0 Å². The fourth-order valence-electron chi connectivity index (χ4n) is 2.15. The van der Waals surface area contributed by atoms with E-state index in [1.165, 1.54) is 22.7 Å². The predicted molar refractivity (Wildman–Crippen MR) is 78.2 cm³/mol. The molecule has 0 radical (unpaired) electrons. The number of carbonyl (C=O) groups excluding carboxylic acids is 2. The van der Waals surface area contributed by atoms with Crippen molar-refractivity contribution in [3.05, 3.63) is 39.0 Å². The fraction of sp³-hybridized carbons (Fsp3) is 0.308. The molecule has 1 fully saturated rings. The van der Waals surface area contributed by atoms with E-state index in [0.717, 1.165) is 4.88 Å². The molecule has 0 bridgehead atoms. The van der Waals surface area contributed by atoms with Gasteiger partial charge in [-0.3, -0.25) is 9.59 Å². The molecular weight excluding hydrogens is 294 g/mol. The predicted octanol–water partition coefficient (Wildman–Crippen LogP) is 1.80. The minimum absolute atomic E-state index is 0.0468. The van der Waals surface area contributed by atoms with E-state index in [9.17, 15) is 9.59 Å². The minimum atomic E-state index is -0.0468. The minimum Gasteiger partial charge on any atom is -0.334 e. The number of aromatic nitrogens is 1. The molecule has 2 aromatic heterocycles. The van der Waals surface area contributed by atoms with Crippen molar-refractivity contribution >= 4 is 34.5 Å². The lowest BCUT2D eigenvalue weighted by molar-refractivity contribution is 0.0535. The molecule has 0 aliphatic carbocycles. The molecule has 0 spiro atoms. The molecule has 0 N–H and O–H groups in total. The van der Waals surface area contributed by atoms with Gasteiger partial charge in [0.05, 0.1) is 10.4 Å². The molecule has 0 atom stereocenters. The van der Waals surface area contributed by atoms with Gasteiger partial charge in [-0.15, -0.1) is 22.7 Å². The quantitative estimate of drug-likeness (QED) is 0.850. The molecule has 5 nitrogen and oxygen atoms in total. The Morgan fingerprint density at radius 2 is 1.80 bits per heavy atom. The van der Waals surface area contributed by atoms with E-state index in [4.69, 9.17) is 0 Å². The smallest absolute Gasteiger partial charge is 0.273 e. The summed E-state index contributed by atoms with van der Waals surface area (Å²) in [5.41, 5.74) is 2.15. The second kappa shape index (κ2) is 5.72. The molecule has 2 amide bonds. The molecule has 1 aliphatic rings. The molecule has 3 rings (SSSR count). The first-order valence-electron chi connectivity index (χ1n) is 6.26. The molecule has 1 saturated heterocycles. The summed E-state index contributed by atoms with van der Waals surface area (Å²) in [4.78, 5) is 32.7. The lowest BCUT2D eigenvalue weighted by Crippen LogP contribution is -2.50. The van der Waals surface area contributed by atoms with Crippen LogP contribution in [0.2, 0.25) is 0 Å². The van der Waals surface area contributed by atoms with Crippen LogP contribution in [0.1, 0.15) is 20.2 Å². The molecule has 0 aromatic carbocycles. The van der Waals surface area contributed by atoms with Crippen LogP contribution in [-0.4, -0.2) is 52.8 Å². The Bertz CT molecular complexity index is 533. The molecule has 2 aromatic rings. The highest BCUT2D eigenvalue weighted by Crippen LogP contribution is 2.15. The van der Waals surface area contributed by atoms with E-state index in [2.05, 4.69) is 4.98 Å². The van der Waals surface area contributed by atoms with Crippen LogP contribution in [0.15, 0.2) is 28.4 Å². The van der Waals surface area contributed by atoms with Crippen LogP contribution in [0, 0.1) is 0 Å². The van der Waals surface area contributed by atoms with Crippen molar-refractivity contribution in [1.82, 2.24) is 14.8 Å². The summed E-state index contributed by atoms with van der Waals surface area (Å²) in [6, 6.07) is 3.71. The van der Waals surface area contributed by atoms with Crippen molar-refractivity contribution in [3.63, 3.8) is 0 Å². The second-order valence-electron chi connectivity index (χ2n) is 4.44. The number of piperazine rings is 1. The zero-order valence-electron chi connectivity index (χ0n) is 10.7. The van der Waals surface area contributed by atoms with Crippen molar-refractivity contribution in [1.29, 1.82) is 0 Å². The summed E-state index contributed by atoms with van der Waals surface area (Å²) in [6.45, 7) is 2.28. The first-order chi connectivity index (χ1) is 9.75. The van der Waals surface area contributed by atoms with Gasteiger partial charge in [-0.2, -0.15) is 0 Å². The Balaban J connectivity index is 1.60. The van der Waals surface area contributed by atoms with Crippen molar-refractivity contribution in [2.24, 2.45) is 0 Å². The number of amides is 2. The van der Waals surface area contributed by atoms with E-state index >= 15 is 0 Å². The maximum Gasteiger partial charge on any atom is 0.273 e. The molecule has 3 heterocycles. The van der Waals surface area contributed by atoms with Crippen LogP contribution in [0.4, 0.5) is 0 Å². The van der Waals surface area contributed by atoms with Crippen molar-refractivity contribution in [2.45, 2.75) is 0 Å². The van der Waals surface area contributed by atoms with E-state index in [1.54, 1.807) is 20.7 Å². The van der Waals surface area contributed by atoms with Gasteiger partial charge in [0.25, 0.3) is 11.8 Å². The topological polar surface area (TPSA) is 53.5 Å². The third kappa shape index (κ3) is 2.59. The summed E-state index contributed by atoms with van der Waals surface area (Å²) < 4.78 is 0. The van der Waals surface area contributed by atoms with Crippen LogP contribution in [0.25, 0.3) is 0 Å². The number of thiophene rings is 1. The number of rotatable bonds is 2. The fourth-order valence-corrected chi connectivity index (χ4v) is 3.37. The molecule has 7 heteroatoms. The average Bonchev–Trinajstić information content (AvgIpc) is 3.18. The number of carbonyl (C=O) groups is 2. The number of nitrogens with zero attached hydrogens (tertiary/aromatic N) is 3. The van der Waals surface area contributed by atoms with Gasteiger partial charge < -0.3 is 9.80 Å². The van der Waals surface area contributed by atoms with Crippen LogP contribution in [-0.2, 0) is 0 Å². The molecule has 20 heavy (non-hydrogen) atoms. The molecule has 0 unspecified atom stereocenters. The Morgan fingerprint density at radius 3 is 2.35 bits per heavy atom. The number of hydrogen-bond acceptors (Lipinski definition) is 5. The third-order valence-corrected chi connectivity index (χ3v) is 4.68. The average molecular weight is 307 g/mol. The summed E-state index contributed by atoms with van der Waals surface area (Å²) in [7, 11) is 0. The lowest BCUT2D eigenvalue weighted by Gasteiger charge is -2.34. The van der Waals surface area contributed by atoms with Crippen molar-refractivity contribution in [3.8, 4) is 0 Å². The van der Waals surface area contributed by atoms with E-state index in [-0.39, 0.29) is 11.8 Å². The monoisotopic (exact) mass is 307 g/mol. The van der Waals surface area contributed by atoms with Crippen molar-refractivity contribution < 1.29 is 9.59 Å². The van der Waals surface area contributed by atoms with Gasteiger partial charge in [0.15, 0.2) is 0 Å². The third-order valence-electron chi connectivity index (χ3n) is 3.24. The Labute approximate surface area is 124 Å². The van der Waals surface area contributed by atoms with Crippen molar-refractivity contribution in [2.75, 3.05) is 26.2 Å². The molecular formula is C13H13N3O2S2. The SMILES string of the molecule is O=C(c1cscn1)N1CCN(C(=O)c2cccs2)CC1. The zero-order chi connectivity index (χ0) is 13.9. The van der Waals surface area contributed by atoms with E-state index in [0.29, 0.717) is 31.9 Å². The van der Waals surface area contributed by atoms with E-state index in [1.807, 2.05) is 17.5 Å². The Morgan fingerprint density at radius 1 is 1.10 bits per heavy atom. The van der Waals surface area contributed by atoms with Gasteiger partial charge >= 0.3 is 0 Å². The number of hydrogen-bond donors (Lipinski definition) is 0. The Hall–Kier alpha value is -1.73. The van der Waals surface area contributed by atoms with Gasteiger partial charge in [-0.25, -0.2) is 4.98 Å². The number of thiazole rings is 1. The summed E-state index contributed by atoms with van der Waals surface area (Å²) in [5, 5.41) is 3.65. The van der Waals surface area contributed by atoms with Crippen LogP contribution in [0.3, 0.4) is 0 Å². The first-order valence-corrected chi connectivity index (χ1v) is 8.08. The highest BCUT2D eigenvalue weighted by molar-refractivity contribution is 7.12. The van der Waals surface area contributed by atoms with Gasteiger partial charge in [-0.1, -0.05) is 6.07 Å². The van der Waals surface area contributed by atoms with Gasteiger partial charge in [0.2, 0.25) is 0 Å². The lowest BCUT2D eigenvalue weighted by atomic mass is 10.2. The largest absolute Gasteiger partial charge is 0.334 e. The first kappa shape index (κ1) is 13.3. The zero-order valence-corrected chi connectivity index (χ0v) is 12.3. The molecule has 1 aliphatic heterocycles. The van der Waals surface area contributed by atoms with Crippen LogP contribution >= 0.6 is 22.7 Å². The normalized spacial score (nSPS) is 15.4. The highest BCUT2D eigenvalue weighted by Gasteiger charge is 2.26. The molecule has 0 saturated carbocycles. The van der Waals surface area contributed by atoms with Gasteiger partial charge in [0.1, 0.15) is 5.69 Å². The molecule has 104 valence electrons. The van der Waals surface area contributed by atoms with Gasteiger partial charge in [0, 0.05) is 31.6 Å². The van der Waals surface area contributed by atoms with E-state index < -0.39 is 0 Å². The van der Waals surface area contributed by atoms with Crippen LogP contribution < -0.4 is 0 Å². The summed E-state index contributed by atoms with van der Waals surface area (Å²) in [5.74, 6) is 0.00947. The Kier molecular flexibility index (Phi) is 3.79. The maximum absolute atomic E-state index is 12.2. The summed E-state index contributed by atoms with van der Waals surface area (Å²) in [6.07, 6.45) is 0. The summed E-state index contributed by atoms with van der Waals surface area (Å²) >= 11 is 2.86. The standard InChI is InChI=1S/C13H13N3O2S2/c17-12(10-8-19-9-14-10)15-3-5-16(6-4-15)13(18)11-2-1-7-20-11/h1-2,7-9H,3-6H2. The second-order valence-corrected chi connectivity index (χ2v) is 6.10. The highest BCUT2D eigenvalue weighted by atomic mass is 32.1.